The third-order valence-corrected chi connectivity index (χ3v) is 13.2. The molecule has 6 aliphatic rings. The van der Waals surface area contributed by atoms with Gasteiger partial charge in [-0.3, -0.25) is 9.59 Å². The second-order valence-electron chi connectivity index (χ2n) is 16.8. The lowest BCUT2D eigenvalue weighted by Gasteiger charge is -2.33. The van der Waals surface area contributed by atoms with Crippen LogP contribution in [0.15, 0.2) is 75.7 Å². The van der Waals surface area contributed by atoms with Gasteiger partial charge in [0.1, 0.15) is 23.0 Å². The maximum atomic E-state index is 14.5. The molecule has 2 unspecified atom stereocenters. The first kappa shape index (κ1) is 32.0. The standard InChI is InChI=1S/C45H42N4O5/c1-23(2)36-42-48-38-39(54-42)45-30-12-8-11-28(27-10-7-9-25-14-15-29(35(25)27)33-22-46-41(38)52-33)37(30)49-43(45)53-32-16-13-24(20-31(32)45)19-26(40(51)47-36)21-34(50)44(3)17-5-4-6-18-44/h7-13,15-16,20,22-23,26,36,43,49H,4-6,14,17-19,21H2,1-3H3,(H,47,51)/t26?,36-,43-,45?/m0/s1. The zero-order valence-corrected chi connectivity index (χ0v) is 30.8. The Morgan fingerprint density at radius 3 is 2.67 bits per heavy atom. The van der Waals surface area contributed by atoms with Gasteiger partial charge in [0.25, 0.3) is 0 Å². The zero-order valence-electron chi connectivity index (χ0n) is 30.8. The number of ketones is 1. The van der Waals surface area contributed by atoms with E-state index in [0.717, 1.165) is 88.9 Å². The number of hydrogen-bond donors (Lipinski definition) is 2. The van der Waals surface area contributed by atoms with Gasteiger partial charge < -0.3 is 24.2 Å². The average Bonchev–Trinajstić information content (AvgIpc) is 3.99. The molecule has 4 aliphatic heterocycles. The van der Waals surface area contributed by atoms with Crippen molar-refractivity contribution in [3.05, 3.63) is 112 Å². The number of nitrogens with one attached hydrogen (secondary N) is 2. The van der Waals surface area contributed by atoms with Crippen molar-refractivity contribution in [3.63, 3.8) is 0 Å². The van der Waals surface area contributed by atoms with Gasteiger partial charge in [-0.1, -0.05) is 94.6 Å². The highest BCUT2D eigenvalue weighted by atomic mass is 16.5. The number of nitrogens with zero attached hydrogens (tertiary/aromatic N) is 2. The largest absolute Gasteiger partial charge is 0.469 e. The van der Waals surface area contributed by atoms with Gasteiger partial charge in [0.15, 0.2) is 23.4 Å². The van der Waals surface area contributed by atoms with Gasteiger partial charge >= 0.3 is 0 Å². The predicted molar refractivity (Wildman–Crippen MR) is 203 cm³/mol. The van der Waals surface area contributed by atoms with E-state index >= 15 is 0 Å². The summed E-state index contributed by atoms with van der Waals surface area (Å²) in [6.07, 6.45) is 9.81. The molecule has 3 aromatic carbocycles. The topological polar surface area (TPSA) is 119 Å². The summed E-state index contributed by atoms with van der Waals surface area (Å²) in [7, 11) is 0. The maximum Gasteiger partial charge on any atom is 0.249 e. The third kappa shape index (κ3) is 4.32. The van der Waals surface area contributed by atoms with E-state index in [-0.39, 0.29) is 24.0 Å². The number of allylic oxidation sites excluding steroid dienone is 1. The summed E-state index contributed by atoms with van der Waals surface area (Å²) < 4.78 is 20.7. The van der Waals surface area contributed by atoms with Crippen molar-refractivity contribution in [2.24, 2.45) is 17.3 Å². The maximum absolute atomic E-state index is 14.5. The molecule has 2 N–H and O–H groups in total. The number of fused-ring (bicyclic) bond motifs is 7. The Bertz CT molecular complexity index is 2460. The van der Waals surface area contributed by atoms with Gasteiger partial charge in [-0.05, 0) is 59.9 Å². The monoisotopic (exact) mass is 718 g/mol. The second-order valence-corrected chi connectivity index (χ2v) is 16.8. The van der Waals surface area contributed by atoms with Crippen LogP contribution in [0.5, 0.6) is 5.75 Å². The van der Waals surface area contributed by atoms with Gasteiger partial charge in [0, 0.05) is 45.7 Å². The molecule has 5 aromatic rings. The SMILES string of the molecule is CC(C)[C@@H]1NC(=O)C(CC(=O)C2(C)CCCCC2)Cc2ccc3c(c2)C24c5cccc(c5N[C@H]2O3)-c2cccc3c2C(=CC3)c2cnc(o2)-c2nc1oc24. The third-order valence-electron chi connectivity index (χ3n) is 13.2. The van der Waals surface area contributed by atoms with E-state index in [1.54, 1.807) is 6.20 Å². The number of rotatable bonds is 4. The molecule has 272 valence electrons. The first-order valence-corrected chi connectivity index (χ1v) is 19.6. The molecule has 0 radical (unpaired) electrons. The molecule has 54 heavy (non-hydrogen) atoms. The summed E-state index contributed by atoms with van der Waals surface area (Å²) in [6, 6.07) is 18.6. The summed E-state index contributed by atoms with van der Waals surface area (Å²) in [4.78, 5) is 38.7. The lowest BCUT2D eigenvalue weighted by Crippen LogP contribution is -2.41. The summed E-state index contributed by atoms with van der Waals surface area (Å²) >= 11 is 0. The molecule has 4 atom stereocenters. The first-order valence-electron chi connectivity index (χ1n) is 19.6. The highest BCUT2D eigenvalue weighted by Crippen LogP contribution is 2.61. The Kier molecular flexibility index (Phi) is 6.70. The summed E-state index contributed by atoms with van der Waals surface area (Å²) in [6.45, 7) is 6.20. The number of amides is 1. The Morgan fingerprint density at radius 1 is 0.981 bits per heavy atom. The summed E-state index contributed by atoms with van der Waals surface area (Å²) in [5.41, 5.74) is 8.53. The van der Waals surface area contributed by atoms with Gasteiger partial charge in [-0.25, -0.2) is 9.97 Å². The molecule has 2 aliphatic carbocycles. The van der Waals surface area contributed by atoms with Crippen LogP contribution in [0.2, 0.25) is 0 Å². The fraction of sp³-hybridized carbons (Fsp3) is 0.378. The van der Waals surface area contributed by atoms with Gasteiger partial charge in [-0.2, -0.15) is 0 Å². The van der Waals surface area contributed by atoms with Crippen molar-refractivity contribution in [2.45, 2.75) is 89.8 Å². The molecule has 11 rings (SSSR count). The van der Waals surface area contributed by atoms with Crippen molar-refractivity contribution in [1.29, 1.82) is 0 Å². The highest BCUT2D eigenvalue weighted by molar-refractivity contribution is 5.97. The molecule has 1 spiro atoms. The molecular weight excluding hydrogens is 677 g/mol. The van der Waals surface area contributed by atoms with Crippen LogP contribution in [-0.4, -0.2) is 27.9 Å². The number of para-hydroxylation sites is 1. The van der Waals surface area contributed by atoms with Crippen molar-refractivity contribution in [1.82, 2.24) is 15.3 Å². The Hall–Kier alpha value is -5.44. The number of aromatic nitrogens is 2. The first-order chi connectivity index (χ1) is 26.2. The lowest BCUT2D eigenvalue weighted by atomic mass is 9.70. The molecule has 1 amide bonds. The van der Waals surface area contributed by atoms with E-state index in [0.29, 0.717) is 35.4 Å². The summed E-state index contributed by atoms with van der Waals surface area (Å²) in [5.74, 6) is 2.03. The summed E-state index contributed by atoms with van der Waals surface area (Å²) in [5, 5.41) is 7.17. The van der Waals surface area contributed by atoms with Gasteiger partial charge in [0.2, 0.25) is 17.7 Å². The number of anilines is 1. The van der Waals surface area contributed by atoms with E-state index in [9.17, 15) is 9.59 Å². The van der Waals surface area contributed by atoms with Crippen molar-refractivity contribution < 1.29 is 23.2 Å². The van der Waals surface area contributed by atoms with E-state index in [1.807, 2.05) is 12.1 Å². The highest BCUT2D eigenvalue weighted by Gasteiger charge is 2.62. The number of benzene rings is 3. The predicted octanol–water partition coefficient (Wildman–Crippen LogP) is 8.69. The molecule has 9 nitrogen and oxygen atoms in total. The van der Waals surface area contributed by atoms with E-state index in [4.69, 9.17) is 23.5 Å². The molecule has 9 heteroatoms. The molecule has 1 saturated carbocycles. The molecule has 1 fully saturated rings. The van der Waals surface area contributed by atoms with Crippen LogP contribution in [0, 0.1) is 17.3 Å². The quantitative estimate of drug-likeness (QED) is 0.190. The van der Waals surface area contributed by atoms with Crippen LogP contribution in [0.1, 0.15) is 111 Å². The second kappa shape index (κ2) is 11.3. The van der Waals surface area contributed by atoms with E-state index < -0.39 is 29.0 Å². The normalized spacial score (nSPS) is 25.0. The minimum Gasteiger partial charge on any atom is -0.469 e. The molecule has 10 bridgehead atoms. The number of ether oxygens (including phenoxy) is 1. The number of Topliss-reactive ketones (excluding diaryl/α,β-unsaturated/α-hetero) is 1. The van der Waals surface area contributed by atoms with Crippen LogP contribution < -0.4 is 15.4 Å². The number of carbonyl (C=O) groups is 2. The number of oxazole rings is 2. The van der Waals surface area contributed by atoms with Gasteiger partial charge in [0.05, 0.1) is 6.20 Å². The van der Waals surface area contributed by atoms with Crippen LogP contribution in [0.25, 0.3) is 28.3 Å². The fourth-order valence-corrected chi connectivity index (χ4v) is 10.3. The Morgan fingerprint density at radius 2 is 1.81 bits per heavy atom. The minimum atomic E-state index is -0.979. The van der Waals surface area contributed by atoms with Crippen LogP contribution in [0.4, 0.5) is 5.69 Å². The van der Waals surface area contributed by atoms with E-state index in [1.165, 1.54) is 5.56 Å². The smallest absolute Gasteiger partial charge is 0.249 e. The average molecular weight is 719 g/mol. The van der Waals surface area contributed by atoms with Gasteiger partial charge in [-0.15, -0.1) is 0 Å². The lowest BCUT2D eigenvalue weighted by molar-refractivity contribution is -0.135. The number of carbonyl (C=O) groups excluding carboxylic acids is 2. The van der Waals surface area contributed by atoms with Crippen LogP contribution in [-0.2, 0) is 27.8 Å². The van der Waals surface area contributed by atoms with Crippen molar-refractivity contribution in [3.8, 4) is 28.5 Å². The van der Waals surface area contributed by atoms with Crippen LogP contribution >= 0.6 is 0 Å². The number of hydrogen-bond acceptors (Lipinski definition) is 8. The van der Waals surface area contributed by atoms with Crippen LogP contribution in [0.3, 0.4) is 0 Å². The zero-order chi connectivity index (χ0) is 36.5. The Labute approximate surface area is 313 Å². The fourth-order valence-electron chi connectivity index (χ4n) is 10.3. The molecule has 6 heterocycles. The minimum absolute atomic E-state index is 0.0793. The molecule has 2 aromatic heterocycles. The van der Waals surface area contributed by atoms with E-state index in [2.05, 4.69) is 79.9 Å². The molecule has 0 saturated heterocycles. The Balaban J connectivity index is 1.17. The van der Waals surface area contributed by atoms with Crippen molar-refractivity contribution >= 4 is 23.0 Å². The molecular formula is C45H42N4O5. The van der Waals surface area contributed by atoms with Crippen molar-refractivity contribution in [2.75, 3.05) is 5.32 Å².